The van der Waals surface area contributed by atoms with Crippen LogP contribution in [0.4, 0.5) is 0 Å². The van der Waals surface area contributed by atoms with Crippen molar-refractivity contribution in [3.8, 4) is 28.7 Å². The predicted molar refractivity (Wildman–Crippen MR) is 110 cm³/mol. The number of rotatable bonds is 5. The number of fused-ring (bicyclic) bond motifs is 2. The van der Waals surface area contributed by atoms with Gasteiger partial charge in [0.2, 0.25) is 11.8 Å². The van der Waals surface area contributed by atoms with Crippen molar-refractivity contribution in [1.82, 2.24) is 4.90 Å². The summed E-state index contributed by atoms with van der Waals surface area (Å²) in [4.78, 5) is 1.84. The summed E-state index contributed by atoms with van der Waals surface area (Å²) >= 11 is 0. The molecular weight excluding hydrogens is 382 g/mol. The summed E-state index contributed by atoms with van der Waals surface area (Å²) in [6.07, 6.45) is 3.12. The van der Waals surface area contributed by atoms with Crippen molar-refractivity contribution in [2.75, 3.05) is 7.11 Å². The molecule has 0 saturated heterocycles. The van der Waals surface area contributed by atoms with Crippen molar-refractivity contribution in [2.45, 2.75) is 6.54 Å². The molecule has 6 nitrogen and oxygen atoms in total. The summed E-state index contributed by atoms with van der Waals surface area (Å²) in [5, 5.41) is 0. The van der Waals surface area contributed by atoms with E-state index in [9.17, 15) is 0 Å². The third-order valence-electron chi connectivity index (χ3n) is 4.75. The number of nitrogens with zero attached hydrogens (tertiary/aromatic N) is 1. The van der Waals surface area contributed by atoms with Gasteiger partial charge in [-0.1, -0.05) is 42.5 Å². The van der Waals surface area contributed by atoms with Crippen LogP contribution in [-0.2, 0) is 6.54 Å². The van der Waals surface area contributed by atoms with Crippen LogP contribution in [0.2, 0.25) is 0 Å². The quantitative estimate of drug-likeness (QED) is 0.597. The van der Waals surface area contributed by atoms with Crippen molar-refractivity contribution in [2.24, 2.45) is 0 Å². The molecule has 0 bridgehead atoms. The van der Waals surface area contributed by atoms with Crippen LogP contribution in [0.3, 0.4) is 0 Å². The lowest BCUT2D eigenvalue weighted by molar-refractivity contribution is 0.138. The number of hydrogen-bond donors (Lipinski definition) is 0. The first-order valence-electron chi connectivity index (χ1n) is 9.48. The third-order valence-corrected chi connectivity index (χ3v) is 4.75. The molecule has 30 heavy (non-hydrogen) atoms. The molecule has 3 aromatic rings. The third kappa shape index (κ3) is 3.39. The first-order chi connectivity index (χ1) is 14.8. The maximum absolute atomic E-state index is 6.13. The van der Waals surface area contributed by atoms with E-state index in [2.05, 4.69) is 0 Å². The first-order valence-corrected chi connectivity index (χ1v) is 9.48. The van der Waals surface area contributed by atoms with Gasteiger partial charge in [-0.25, -0.2) is 0 Å². The average Bonchev–Trinajstić information content (AvgIpc) is 2.82. The fourth-order valence-corrected chi connectivity index (χ4v) is 3.27. The highest BCUT2D eigenvalue weighted by atomic mass is 16.6. The van der Waals surface area contributed by atoms with Crippen LogP contribution in [0.5, 0.6) is 28.7 Å². The molecule has 3 aromatic carbocycles. The van der Waals surface area contributed by atoms with E-state index in [4.69, 9.17) is 23.7 Å². The highest BCUT2D eigenvalue weighted by Gasteiger charge is 2.27. The van der Waals surface area contributed by atoms with Crippen molar-refractivity contribution in [3.05, 3.63) is 103 Å². The molecule has 0 N–H and O–H groups in total. The molecule has 0 saturated carbocycles. The molecule has 0 atom stereocenters. The monoisotopic (exact) mass is 401 g/mol. The van der Waals surface area contributed by atoms with E-state index in [1.54, 1.807) is 19.6 Å². The van der Waals surface area contributed by atoms with Crippen molar-refractivity contribution < 1.29 is 23.7 Å². The van der Waals surface area contributed by atoms with Crippen molar-refractivity contribution >= 4 is 0 Å². The second-order valence-electron chi connectivity index (χ2n) is 6.64. The van der Waals surface area contributed by atoms with Crippen LogP contribution in [0, 0.1) is 0 Å². The lowest BCUT2D eigenvalue weighted by Gasteiger charge is -2.32. The molecule has 0 radical (unpaired) electrons. The minimum Gasteiger partial charge on any atom is -0.496 e. The highest BCUT2D eigenvalue weighted by molar-refractivity contribution is 5.45. The smallest absolute Gasteiger partial charge is 0.239 e. The molecule has 0 amide bonds. The Hall–Kier alpha value is -4.06. The topological polar surface area (TPSA) is 49.4 Å². The Morgan fingerprint density at radius 3 is 1.73 bits per heavy atom. The maximum atomic E-state index is 6.13. The zero-order valence-electron chi connectivity index (χ0n) is 16.3. The van der Waals surface area contributed by atoms with Crippen LogP contribution >= 0.6 is 0 Å². The molecule has 0 fully saturated rings. The van der Waals surface area contributed by atoms with Crippen LogP contribution in [0.1, 0.15) is 5.56 Å². The van der Waals surface area contributed by atoms with Crippen LogP contribution in [-0.4, -0.2) is 12.0 Å². The summed E-state index contributed by atoms with van der Waals surface area (Å²) in [5.41, 5.74) is 0.951. The summed E-state index contributed by atoms with van der Waals surface area (Å²) in [7, 11) is 1.65. The van der Waals surface area contributed by atoms with Gasteiger partial charge in [0, 0.05) is 5.56 Å². The van der Waals surface area contributed by atoms with Gasteiger partial charge < -0.3 is 23.7 Å². The SMILES string of the molecule is COc1ccccc1CN(C1=COc2ccccc2O1)C1=COc2ccccc2O1. The van der Waals surface area contributed by atoms with E-state index < -0.39 is 0 Å². The molecule has 2 aliphatic heterocycles. The molecule has 150 valence electrons. The number of benzene rings is 3. The van der Waals surface area contributed by atoms with E-state index in [1.807, 2.05) is 77.7 Å². The molecule has 5 rings (SSSR count). The van der Waals surface area contributed by atoms with Gasteiger partial charge in [0.25, 0.3) is 0 Å². The fourth-order valence-electron chi connectivity index (χ4n) is 3.27. The molecule has 0 unspecified atom stereocenters. The summed E-state index contributed by atoms with van der Waals surface area (Å²) < 4.78 is 29.4. The second-order valence-corrected chi connectivity index (χ2v) is 6.64. The molecule has 0 aliphatic carbocycles. The number of methoxy groups -OCH3 is 1. The molecule has 2 aliphatic rings. The van der Waals surface area contributed by atoms with Gasteiger partial charge in [-0.3, -0.25) is 4.90 Å². The number of ether oxygens (including phenoxy) is 5. The Labute approximate surface area is 174 Å². The lowest BCUT2D eigenvalue weighted by Crippen LogP contribution is -2.31. The van der Waals surface area contributed by atoms with Gasteiger partial charge >= 0.3 is 0 Å². The Kier molecular flexibility index (Phi) is 4.65. The molecule has 0 aromatic heterocycles. The number of para-hydroxylation sites is 5. The lowest BCUT2D eigenvalue weighted by atomic mass is 10.2. The number of hydrogen-bond acceptors (Lipinski definition) is 6. The van der Waals surface area contributed by atoms with E-state index in [-0.39, 0.29) is 0 Å². The largest absolute Gasteiger partial charge is 0.496 e. The summed E-state index contributed by atoms with van der Waals surface area (Å²) in [6, 6.07) is 22.8. The zero-order valence-corrected chi connectivity index (χ0v) is 16.3. The molecule has 2 heterocycles. The summed E-state index contributed by atoms with van der Waals surface area (Å²) in [5.74, 6) is 4.24. The van der Waals surface area contributed by atoms with Gasteiger partial charge in [0.05, 0.1) is 13.7 Å². The van der Waals surface area contributed by atoms with Crippen LogP contribution < -0.4 is 23.7 Å². The van der Waals surface area contributed by atoms with E-state index >= 15 is 0 Å². The van der Waals surface area contributed by atoms with Gasteiger partial charge in [0.15, 0.2) is 35.5 Å². The minimum atomic E-state index is 0.415. The van der Waals surface area contributed by atoms with E-state index in [1.165, 1.54) is 0 Å². The van der Waals surface area contributed by atoms with Crippen molar-refractivity contribution in [1.29, 1.82) is 0 Å². The fraction of sp³-hybridized carbons (Fsp3) is 0.0833. The van der Waals surface area contributed by atoms with E-state index in [0.717, 1.165) is 11.3 Å². The second kappa shape index (κ2) is 7.75. The Morgan fingerprint density at radius 1 is 0.667 bits per heavy atom. The molecular formula is C24H19NO5. The van der Waals surface area contributed by atoms with Gasteiger partial charge in [-0.05, 0) is 30.3 Å². The summed E-state index contributed by atoms with van der Waals surface area (Å²) in [6.45, 7) is 0.415. The van der Waals surface area contributed by atoms with Crippen LogP contribution in [0.25, 0.3) is 0 Å². The van der Waals surface area contributed by atoms with E-state index in [0.29, 0.717) is 41.3 Å². The standard InChI is InChI=1S/C24H19NO5/c1-26-18-9-3-2-8-17(18)14-25(23-15-27-19-10-4-6-12-21(19)29-23)24-16-28-20-11-5-7-13-22(20)30-24/h2-13,15-16H,14H2,1H3. The average molecular weight is 401 g/mol. The normalized spacial score (nSPS) is 13.8. The first kappa shape index (κ1) is 18.0. The van der Waals surface area contributed by atoms with Gasteiger partial charge in [-0.2, -0.15) is 0 Å². The molecule has 6 heteroatoms. The zero-order chi connectivity index (χ0) is 20.3. The Morgan fingerprint density at radius 2 is 1.17 bits per heavy atom. The van der Waals surface area contributed by atoms with Gasteiger partial charge in [0.1, 0.15) is 5.75 Å². The van der Waals surface area contributed by atoms with Crippen LogP contribution in [0.15, 0.2) is 97.1 Å². The minimum absolute atomic E-state index is 0.415. The molecule has 0 spiro atoms. The van der Waals surface area contributed by atoms with Gasteiger partial charge in [-0.15, -0.1) is 0 Å². The van der Waals surface area contributed by atoms with Crippen molar-refractivity contribution in [3.63, 3.8) is 0 Å². The predicted octanol–water partition coefficient (Wildman–Crippen LogP) is 5.04. The Bertz CT molecular complexity index is 1070. The maximum Gasteiger partial charge on any atom is 0.239 e. The highest BCUT2D eigenvalue weighted by Crippen LogP contribution is 2.38. The Balaban J connectivity index is 1.50.